The van der Waals surface area contributed by atoms with E-state index in [4.69, 9.17) is 29.6 Å². The highest BCUT2D eigenvalue weighted by Gasteiger charge is 2.05. The number of thiocarbonyl (C=S) groups is 1. The number of nitrogens with zero attached hydrogens (tertiary/aromatic N) is 3. The molecule has 0 radical (unpaired) electrons. The Morgan fingerprint density at radius 2 is 2.31 bits per heavy atom. The number of hydrogen-bond donors (Lipinski definition) is 1. The van der Waals surface area contributed by atoms with Gasteiger partial charge in [0.25, 0.3) is 0 Å². The summed E-state index contributed by atoms with van der Waals surface area (Å²) in [7, 11) is 0. The molecule has 2 rings (SSSR count). The number of aryl methyl sites for hydroxylation is 1. The number of nitrogens with two attached hydrogens (primary N) is 1. The second-order valence-electron chi connectivity index (χ2n) is 3.27. The molecule has 16 heavy (non-hydrogen) atoms. The lowest BCUT2D eigenvalue weighted by Crippen LogP contribution is -2.12. The maximum atomic E-state index is 5.93. The Balaban J connectivity index is 2.48. The molecule has 0 aliphatic carbocycles. The molecule has 0 saturated carbocycles. The van der Waals surface area contributed by atoms with E-state index in [1.807, 2.05) is 13.0 Å². The zero-order valence-corrected chi connectivity index (χ0v) is 10.1. The lowest BCUT2D eigenvalue weighted by atomic mass is 10.3. The topological polar surface area (TPSA) is 56.7 Å². The minimum absolute atomic E-state index is 0.261. The summed E-state index contributed by atoms with van der Waals surface area (Å²) in [5, 5.41) is 4.87. The maximum Gasteiger partial charge on any atom is 0.122 e. The molecular weight excluding hydrogens is 244 g/mol. The van der Waals surface area contributed by atoms with E-state index in [9.17, 15) is 0 Å². The first-order valence-electron chi connectivity index (χ1n) is 4.56. The van der Waals surface area contributed by atoms with Gasteiger partial charge in [0.15, 0.2) is 0 Å². The van der Waals surface area contributed by atoms with Crippen LogP contribution in [0.15, 0.2) is 24.5 Å². The standard InChI is InChI=1S/C10H9ClN4S/c1-6-8(11)5-15(14-6)7-2-3-13-9(4-7)10(12)16/h2-5H,1H3,(H2,12,16). The highest BCUT2D eigenvalue weighted by molar-refractivity contribution is 7.80. The van der Waals surface area contributed by atoms with Crippen LogP contribution in [0.1, 0.15) is 11.4 Å². The highest BCUT2D eigenvalue weighted by Crippen LogP contribution is 2.16. The van der Waals surface area contributed by atoms with Gasteiger partial charge in [0.05, 0.1) is 22.1 Å². The fourth-order valence-corrected chi connectivity index (χ4v) is 1.51. The maximum absolute atomic E-state index is 5.93. The number of halogens is 1. The van der Waals surface area contributed by atoms with Crippen molar-refractivity contribution < 1.29 is 0 Å². The summed E-state index contributed by atoms with van der Waals surface area (Å²) < 4.78 is 1.67. The molecule has 0 atom stereocenters. The molecule has 6 heteroatoms. The molecule has 0 bridgehead atoms. The van der Waals surface area contributed by atoms with Gasteiger partial charge < -0.3 is 5.73 Å². The van der Waals surface area contributed by atoms with E-state index in [-0.39, 0.29) is 4.99 Å². The van der Waals surface area contributed by atoms with E-state index < -0.39 is 0 Å². The van der Waals surface area contributed by atoms with Crippen LogP contribution in [0.2, 0.25) is 5.02 Å². The molecule has 2 heterocycles. The van der Waals surface area contributed by atoms with Crippen LogP contribution in [-0.4, -0.2) is 19.8 Å². The lowest BCUT2D eigenvalue weighted by molar-refractivity contribution is 0.859. The monoisotopic (exact) mass is 252 g/mol. The second-order valence-corrected chi connectivity index (χ2v) is 4.12. The Kier molecular flexibility index (Phi) is 2.89. The molecule has 82 valence electrons. The van der Waals surface area contributed by atoms with Crippen molar-refractivity contribution in [3.63, 3.8) is 0 Å². The van der Waals surface area contributed by atoms with Crippen molar-refractivity contribution in [3.05, 3.63) is 40.9 Å². The molecule has 2 aromatic rings. The SMILES string of the molecule is Cc1nn(-c2ccnc(C(N)=S)c2)cc1Cl. The van der Waals surface area contributed by atoms with E-state index in [1.54, 1.807) is 23.1 Å². The largest absolute Gasteiger partial charge is 0.388 e. The first-order chi connectivity index (χ1) is 7.58. The fourth-order valence-electron chi connectivity index (χ4n) is 1.27. The minimum atomic E-state index is 0.261. The van der Waals surface area contributed by atoms with Crippen LogP contribution >= 0.6 is 23.8 Å². The van der Waals surface area contributed by atoms with E-state index in [1.165, 1.54) is 0 Å². The lowest BCUT2D eigenvalue weighted by Gasteiger charge is -2.02. The molecule has 0 saturated heterocycles. The molecule has 0 aliphatic rings. The minimum Gasteiger partial charge on any atom is -0.388 e. The van der Waals surface area contributed by atoms with Crippen LogP contribution in [0, 0.1) is 6.92 Å². The van der Waals surface area contributed by atoms with E-state index in [0.717, 1.165) is 11.4 Å². The third kappa shape index (κ3) is 2.05. The van der Waals surface area contributed by atoms with Crippen LogP contribution in [0.5, 0.6) is 0 Å². The van der Waals surface area contributed by atoms with Gasteiger partial charge in [0.1, 0.15) is 4.99 Å². The average Bonchev–Trinajstić information content (AvgIpc) is 2.59. The number of aromatic nitrogens is 3. The molecule has 0 aliphatic heterocycles. The molecule has 0 amide bonds. The Hall–Kier alpha value is -1.46. The Morgan fingerprint density at radius 1 is 1.56 bits per heavy atom. The molecule has 0 aromatic carbocycles. The molecule has 2 aromatic heterocycles. The van der Waals surface area contributed by atoms with Gasteiger partial charge in [-0.1, -0.05) is 23.8 Å². The first kappa shape index (κ1) is 11.0. The summed E-state index contributed by atoms with van der Waals surface area (Å²) in [6, 6.07) is 3.58. The van der Waals surface area contributed by atoms with E-state index >= 15 is 0 Å². The first-order valence-corrected chi connectivity index (χ1v) is 5.34. The van der Waals surface area contributed by atoms with Crippen LogP contribution in [0.3, 0.4) is 0 Å². The predicted octanol–water partition coefficient (Wildman–Crippen LogP) is 1.86. The molecule has 0 spiro atoms. The van der Waals surface area contributed by atoms with Crippen LogP contribution in [-0.2, 0) is 0 Å². The van der Waals surface area contributed by atoms with Gasteiger partial charge in [-0.25, -0.2) is 4.68 Å². The van der Waals surface area contributed by atoms with Crippen molar-refractivity contribution in [2.45, 2.75) is 6.92 Å². The van der Waals surface area contributed by atoms with Crippen molar-refractivity contribution in [3.8, 4) is 5.69 Å². The third-order valence-corrected chi connectivity index (χ3v) is 2.68. The molecule has 2 N–H and O–H groups in total. The van der Waals surface area contributed by atoms with Gasteiger partial charge in [0.2, 0.25) is 0 Å². The quantitative estimate of drug-likeness (QED) is 0.829. The summed E-state index contributed by atoms with van der Waals surface area (Å²) in [6.45, 7) is 1.84. The van der Waals surface area contributed by atoms with Crippen molar-refractivity contribution in [2.75, 3.05) is 0 Å². The van der Waals surface area contributed by atoms with E-state index in [2.05, 4.69) is 10.1 Å². The molecule has 4 nitrogen and oxygen atoms in total. The van der Waals surface area contributed by atoms with Crippen molar-refractivity contribution >= 4 is 28.8 Å². The molecule has 0 unspecified atom stereocenters. The predicted molar refractivity (Wildman–Crippen MR) is 67.0 cm³/mol. The summed E-state index contributed by atoms with van der Waals surface area (Å²) in [5.41, 5.74) is 7.68. The van der Waals surface area contributed by atoms with Gasteiger partial charge in [-0.15, -0.1) is 0 Å². The van der Waals surface area contributed by atoms with Gasteiger partial charge in [-0.3, -0.25) is 4.98 Å². The van der Waals surface area contributed by atoms with Crippen molar-refractivity contribution in [1.29, 1.82) is 0 Å². The number of hydrogen-bond acceptors (Lipinski definition) is 3. The van der Waals surface area contributed by atoms with Crippen LogP contribution in [0.4, 0.5) is 0 Å². The second kappa shape index (κ2) is 4.19. The zero-order chi connectivity index (χ0) is 11.7. The smallest absolute Gasteiger partial charge is 0.122 e. The number of pyridine rings is 1. The third-order valence-electron chi connectivity index (χ3n) is 2.10. The summed E-state index contributed by atoms with van der Waals surface area (Å²) in [6.07, 6.45) is 3.37. The summed E-state index contributed by atoms with van der Waals surface area (Å²) in [5.74, 6) is 0. The Labute approximate surface area is 103 Å². The average molecular weight is 253 g/mol. The van der Waals surface area contributed by atoms with Crippen LogP contribution < -0.4 is 5.73 Å². The Morgan fingerprint density at radius 3 is 2.88 bits per heavy atom. The Bertz CT molecular complexity index is 530. The van der Waals surface area contributed by atoms with Crippen molar-refractivity contribution in [1.82, 2.24) is 14.8 Å². The fraction of sp³-hybridized carbons (Fsp3) is 0.100. The van der Waals surface area contributed by atoms with Gasteiger partial charge >= 0.3 is 0 Å². The summed E-state index contributed by atoms with van der Waals surface area (Å²) >= 11 is 10.8. The summed E-state index contributed by atoms with van der Waals surface area (Å²) in [4.78, 5) is 4.31. The van der Waals surface area contributed by atoms with Gasteiger partial charge in [-0.05, 0) is 19.1 Å². The molecule has 0 fully saturated rings. The van der Waals surface area contributed by atoms with Gasteiger partial charge in [0, 0.05) is 12.4 Å². The van der Waals surface area contributed by atoms with Gasteiger partial charge in [-0.2, -0.15) is 5.10 Å². The molecular formula is C10H9ClN4S. The van der Waals surface area contributed by atoms with E-state index in [0.29, 0.717) is 10.7 Å². The normalized spacial score (nSPS) is 10.4. The zero-order valence-electron chi connectivity index (χ0n) is 8.51. The number of rotatable bonds is 2. The highest BCUT2D eigenvalue weighted by atomic mass is 35.5. The van der Waals surface area contributed by atoms with Crippen molar-refractivity contribution in [2.24, 2.45) is 5.73 Å². The van der Waals surface area contributed by atoms with Crippen LogP contribution in [0.25, 0.3) is 5.69 Å².